The Labute approximate surface area is 287 Å². The van der Waals surface area contributed by atoms with Crippen molar-refractivity contribution in [2.45, 2.75) is 0 Å². The fourth-order valence-corrected chi connectivity index (χ4v) is 7.52. The molecule has 50 heavy (non-hydrogen) atoms. The smallest absolute Gasteiger partial charge is 0.100 e. The maximum atomic E-state index is 10.8. The minimum atomic E-state index is 0.488. The second-order valence-corrected chi connectivity index (χ2v) is 12.3. The number of rotatable bonds is 4. The van der Waals surface area contributed by atoms with E-state index in [0.717, 1.165) is 66.1 Å². The maximum absolute atomic E-state index is 10.8. The lowest BCUT2D eigenvalue weighted by Crippen LogP contribution is -2.00. The van der Waals surface area contributed by atoms with Gasteiger partial charge in [0.25, 0.3) is 0 Å². The van der Waals surface area contributed by atoms with E-state index in [4.69, 9.17) is 0 Å². The van der Waals surface area contributed by atoms with Crippen LogP contribution in [0, 0.1) is 34.0 Å². The molecule has 2 heterocycles. The summed E-state index contributed by atoms with van der Waals surface area (Å²) < 4.78 is 4.40. The van der Waals surface area contributed by atoms with Crippen LogP contribution in [0.25, 0.3) is 77.2 Å². The molecule has 0 aliphatic rings. The highest BCUT2D eigenvalue weighted by molar-refractivity contribution is 6.11. The molecule has 0 unspecified atom stereocenters. The number of nitriles is 3. The van der Waals surface area contributed by atoms with Gasteiger partial charge in [-0.3, -0.25) is 0 Å². The normalized spacial score (nSPS) is 11.1. The van der Waals surface area contributed by atoms with Gasteiger partial charge in [0.1, 0.15) is 6.07 Å². The van der Waals surface area contributed by atoms with Gasteiger partial charge in [0.15, 0.2) is 0 Å². The molecule has 0 aliphatic heterocycles. The van der Waals surface area contributed by atoms with Gasteiger partial charge in [0, 0.05) is 49.5 Å². The fraction of sp³-hybridized carbons (Fsp3) is 0. The van der Waals surface area contributed by atoms with Gasteiger partial charge in [-0.2, -0.15) is 15.8 Å². The van der Waals surface area contributed by atoms with Gasteiger partial charge < -0.3 is 9.13 Å². The SMILES string of the molecule is N#Cc1ccc2c(c1)c1ccccc1n2-c1ccccc1-c1cccc(-c2ccc(-n3c4ccccc4c4ccccc43)cc2C#N)c1C#N. The van der Waals surface area contributed by atoms with Crippen molar-refractivity contribution in [2.24, 2.45) is 0 Å². The topological polar surface area (TPSA) is 81.2 Å². The molecule has 0 radical (unpaired) electrons. The first-order valence-corrected chi connectivity index (χ1v) is 16.3. The van der Waals surface area contributed by atoms with Crippen molar-refractivity contribution in [3.63, 3.8) is 0 Å². The van der Waals surface area contributed by atoms with E-state index in [1.807, 2.05) is 109 Å². The van der Waals surface area contributed by atoms with E-state index in [0.29, 0.717) is 27.8 Å². The highest BCUT2D eigenvalue weighted by atomic mass is 15.0. The van der Waals surface area contributed by atoms with Gasteiger partial charge in [-0.15, -0.1) is 0 Å². The molecule has 0 saturated heterocycles. The number of hydrogen-bond donors (Lipinski definition) is 0. The Morgan fingerprint density at radius 2 is 0.940 bits per heavy atom. The molecule has 5 heteroatoms. The highest BCUT2D eigenvalue weighted by Crippen LogP contribution is 2.40. The van der Waals surface area contributed by atoms with Gasteiger partial charge in [0.05, 0.1) is 56.6 Å². The van der Waals surface area contributed by atoms with Crippen molar-refractivity contribution in [1.29, 1.82) is 15.8 Å². The molecule has 0 N–H and O–H groups in total. The lowest BCUT2D eigenvalue weighted by Gasteiger charge is -2.17. The predicted molar refractivity (Wildman–Crippen MR) is 200 cm³/mol. The van der Waals surface area contributed by atoms with Gasteiger partial charge >= 0.3 is 0 Å². The van der Waals surface area contributed by atoms with Crippen molar-refractivity contribution in [3.05, 3.63) is 168 Å². The highest BCUT2D eigenvalue weighted by Gasteiger charge is 2.21. The number of para-hydroxylation sites is 4. The molecule has 0 saturated carbocycles. The Morgan fingerprint density at radius 1 is 0.380 bits per heavy atom. The van der Waals surface area contributed by atoms with E-state index in [9.17, 15) is 15.8 Å². The van der Waals surface area contributed by atoms with E-state index >= 15 is 0 Å². The number of hydrogen-bond acceptors (Lipinski definition) is 3. The molecule has 7 aromatic carbocycles. The van der Waals surface area contributed by atoms with E-state index in [1.165, 1.54) is 0 Å². The third-order valence-electron chi connectivity index (χ3n) is 9.67. The molecule has 0 fully saturated rings. The van der Waals surface area contributed by atoms with Crippen LogP contribution in [0.4, 0.5) is 0 Å². The van der Waals surface area contributed by atoms with Gasteiger partial charge in [0.2, 0.25) is 0 Å². The summed E-state index contributed by atoms with van der Waals surface area (Å²) in [5, 5.41) is 35.3. The van der Waals surface area contributed by atoms with Crippen LogP contribution in [0.2, 0.25) is 0 Å². The number of aromatic nitrogens is 2. The summed E-state index contributed by atoms with van der Waals surface area (Å²) in [5.74, 6) is 0. The monoisotopic (exact) mass is 635 g/mol. The molecular formula is C45H25N5. The summed E-state index contributed by atoms with van der Waals surface area (Å²) in [6.07, 6.45) is 0. The zero-order chi connectivity index (χ0) is 33.8. The van der Waals surface area contributed by atoms with E-state index in [-0.39, 0.29) is 0 Å². The van der Waals surface area contributed by atoms with Gasteiger partial charge in [-0.1, -0.05) is 97.1 Å². The van der Waals surface area contributed by atoms with Crippen molar-refractivity contribution >= 4 is 43.6 Å². The minimum absolute atomic E-state index is 0.488. The van der Waals surface area contributed by atoms with Crippen molar-refractivity contribution in [1.82, 2.24) is 9.13 Å². The number of fused-ring (bicyclic) bond motifs is 6. The van der Waals surface area contributed by atoms with E-state index in [1.54, 1.807) is 0 Å². The Hall–Kier alpha value is -7.39. The summed E-state index contributed by atoms with van der Waals surface area (Å²) in [6, 6.07) is 57.6. The Kier molecular flexibility index (Phi) is 6.56. The van der Waals surface area contributed by atoms with Crippen LogP contribution in [-0.2, 0) is 0 Å². The lowest BCUT2D eigenvalue weighted by molar-refractivity contribution is 1.18. The molecule has 0 bridgehead atoms. The summed E-state index contributed by atoms with van der Waals surface area (Å²) in [5.41, 5.74) is 10.6. The molecule has 230 valence electrons. The Morgan fingerprint density at radius 3 is 1.60 bits per heavy atom. The molecule has 0 aliphatic carbocycles. The van der Waals surface area contributed by atoms with Crippen LogP contribution in [0.3, 0.4) is 0 Å². The number of benzene rings is 7. The first-order valence-electron chi connectivity index (χ1n) is 16.3. The van der Waals surface area contributed by atoms with Gasteiger partial charge in [-0.25, -0.2) is 0 Å². The summed E-state index contributed by atoms with van der Waals surface area (Å²) >= 11 is 0. The molecule has 0 spiro atoms. The van der Waals surface area contributed by atoms with Crippen molar-refractivity contribution < 1.29 is 0 Å². The van der Waals surface area contributed by atoms with E-state index in [2.05, 4.69) is 69.8 Å². The van der Waals surface area contributed by atoms with Crippen LogP contribution >= 0.6 is 0 Å². The summed E-state index contributed by atoms with van der Waals surface area (Å²) in [7, 11) is 0. The summed E-state index contributed by atoms with van der Waals surface area (Å²) in [6.45, 7) is 0. The standard InChI is InChI=1S/C45H25N5/c46-26-29-20-23-45-39(24-29)38-13-4-8-19-44(38)50(45)43-18-7-1-10-35(43)34-15-9-14-33(40(34)28-48)32-22-21-31(25-30(32)27-47)49-41-16-5-2-11-36(41)37-12-3-6-17-42(37)49/h1-25H. The van der Waals surface area contributed by atoms with Gasteiger partial charge in [-0.05, 0) is 54.6 Å². The average molecular weight is 636 g/mol. The maximum Gasteiger partial charge on any atom is 0.100 e. The molecule has 0 amide bonds. The molecule has 9 rings (SSSR count). The number of nitrogens with zero attached hydrogens (tertiary/aromatic N) is 5. The van der Waals surface area contributed by atoms with Crippen LogP contribution in [-0.4, -0.2) is 9.13 Å². The zero-order valence-corrected chi connectivity index (χ0v) is 26.7. The van der Waals surface area contributed by atoms with Crippen LogP contribution in [0.15, 0.2) is 152 Å². The largest absolute Gasteiger partial charge is 0.309 e. The minimum Gasteiger partial charge on any atom is -0.309 e. The predicted octanol–water partition coefficient (Wildman–Crippen LogP) is 10.8. The first kappa shape index (κ1) is 28.8. The molecular weight excluding hydrogens is 611 g/mol. The third-order valence-corrected chi connectivity index (χ3v) is 9.67. The third kappa shape index (κ3) is 4.24. The Bertz CT molecular complexity index is 2920. The molecule has 9 aromatic rings. The van der Waals surface area contributed by atoms with E-state index < -0.39 is 0 Å². The second-order valence-electron chi connectivity index (χ2n) is 12.3. The molecule has 2 aromatic heterocycles. The van der Waals surface area contributed by atoms with Crippen LogP contribution in [0.5, 0.6) is 0 Å². The zero-order valence-electron chi connectivity index (χ0n) is 26.7. The molecule has 5 nitrogen and oxygen atoms in total. The van der Waals surface area contributed by atoms with Crippen LogP contribution in [0.1, 0.15) is 16.7 Å². The quantitative estimate of drug-likeness (QED) is 0.193. The molecule has 0 atom stereocenters. The Balaban J connectivity index is 1.24. The summed E-state index contributed by atoms with van der Waals surface area (Å²) in [4.78, 5) is 0. The fourth-order valence-electron chi connectivity index (χ4n) is 7.52. The lowest BCUT2D eigenvalue weighted by atomic mass is 9.89. The van der Waals surface area contributed by atoms with Crippen molar-refractivity contribution in [3.8, 4) is 51.8 Å². The van der Waals surface area contributed by atoms with Crippen LogP contribution < -0.4 is 0 Å². The first-order chi connectivity index (χ1) is 24.7. The second kappa shape index (κ2) is 11.4. The average Bonchev–Trinajstić information content (AvgIpc) is 3.70. The van der Waals surface area contributed by atoms with Crippen molar-refractivity contribution in [2.75, 3.05) is 0 Å².